The average Bonchev–Trinajstić information content (AvgIpc) is 2.41. The molecule has 0 spiro atoms. The minimum Gasteiger partial charge on any atom is -0.493 e. The molecule has 2 rings (SSSR count). The summed E-state index contributed by atoms with van der Waals surface area (Å²) in [6, 6.07) is 9.40. The van der Waals surface area contributed by atoms with Gasteiger partial charge in [-0.15, -0.1) is 0 Å². The lowest BCUT2D eigenvalue weighted by molar-refractivity contribution is 0.234. The zero-order valence-electron chi connectivity index (χ0n) is 9.41. The molecule has 0 aliphatic carbocycles. The van der Waals surface area contributed by atoms with Crippen LogP contribution >= 0.6 is 0 Å². The molecular formula is C13H14N2O2. The fourth-order valence-corrected chi connectivity index (χ4v) is 1.46. The Hall–Kier alpha value is -1.94. The molecule has 1 aromatic carbocycles. The van der Waals surface area contributed by atoms with Gasteiger partial charge in [-0.25, -0.2) is 9.97 Å². The van der Waals surface area contributed by atoms with Crippen molar-refractivity contribution in [3.05, 3.63) is 42.7 Å². The molecule has 2 aromatic rings. The lowest BCUT2D eigenvalue weighted by Gasteiger charge is -2.09. The van der Waals surface area contributed by atoms with Crippen LogP contribution in [0.3, 0.4) is 0 Å². The number of rotatable bonds is 5. The third kappa shape index (κ3) is 3.01. The van der Waals surface area contributed by atoms with E-state index in [1.54, 1.807) is 18.5 Å². The summed E-state index contributed by atoms with van der Waals surface area (Å²) in [5, 5.41) is 8.73. The molecule has 4 nitrogen and oxygen atoms in total. The summed E-state index contributed by atoms with van der Waals surface area (Å²) in [6.07, 6.45) is 4.02. The number of hydrogen-bond acceptors (Lipinski definition) is 4. The largest absolute Gasteiger partial charge is 0.493 e. The van der Waals surface area contributed by atoms with Crippen LogP contribution in [0, 0.1) is 0 Å². The zero-order valence-corrected chi connectivity index (χ0v) is 9.41. The number of para-hydroxylation sites is 1. The van der Waals surface area contributed by atoms with Crippen molar-refractivity contribution in [2.45, 2.75) is 6.42 Å². The molecule has 0 aliphatic rings. The third-order valence-corrected chi connectivity index (χ3v) is 2.25. The molecule has 0 bridgehead atoms. The number of benzene rings is 1. The molecule has 4 heteroatoms. The highest BCUT2D eigenvalue weighted by atomic mass is 16.5. The van der Waals surface area contributed by atoms with Crippen LogP contribution < -0.4 is 4.74 Å². The van der Waals surface area contributed by atoms with Gasteiger partial charge in [0.05, 0.1) is 12.2 Å². The summed E-state index contributed by atoms with van der Waals surface area (Å²) in [5.41, 5.74) is 0.867. The fraction of sp³-hybridized carbons (Fsp3) is 0.231. The summed E-state index contributed by atoms with van der Waals surface area (Å²) in [5.74, 6) is 1.39. The van der Waals surface area contributed by atoms with Gasteiger partial charge < -0.3 is 9.84 Å². The van der Waals surface area contributed by atoms with E-state index >= 15 is 0 Å². The van der Waals surface area contributed by atoms with Crippen LogP contribution in [0.2, 0.25) is 0 Å². The van der Waals surface area contributed by atoms with E-state index in [-0.39, 0.29) is 6.61 Å². The zero-order chi connectivity index (χ0) is 11.9. The van der Waals surface area contributed by atoms with Crippen LogP contribution in [0.5, 0.6) is 5.75 Å². The first kappa shape index (κ1) is 11.5. The number of hydrogen-bond donors (Lipinski definition) is 1. The van der Waals surface area contributed by atoms with Gasteiger partial charge in [-0.2, -0.15) is 0 Å². The Labute approximate surface area is 99.9 Å². The van der Waals surface area contributed by atoms with Crippen molar-refractivity contribution in [3.8, 4) is 17.1 Å². The number of aliphatic hydroxyl groups excluding tert-OH is 1. The Morgan fingerprint density at radius 2 is 1.82 bits per heavy atom. The summed E-state index contributed by atoms with van der Waals surface area (Å²) in [6.45, 7) is 0.615. The monoisotopic (exact) mass is 230 g/mol. The van der Waals surface area contributed by atoms with E-state index in [2.05, 4.69) is 9.97 Å². The maximum atomic E-state index is 8.73. The topological polar surface area (TPSA) is 55.2 Å². The number of ether oxygens (including phenoxy) is 1. The Balaban J connectivity index is 2.22. The normalized spacial score (nSPS) is 10.2. The van der Waals surface area contributed by atoms with E-state index < -0.39 is 0 Å². The Morgan fingerprint density at radius 3 is 2.59 bits per heavy atom. The summed E-state index contributed by atoms with van der Waals surface area (Å²) in [7, 11) is 0. The maximum Gasteiger partial charge on any atom is 0.162 e. The molecule has 0 saturated carbocycles. The standard InChI is InChI=1S/C13H14N2O2/c16-9-4-10-17-12-6-2-1-5-11(12)13-14-7-3-8-15-13/h1-3,5-8,16H,4,9-10H2. The highest BCUT2D eigenvalue weighted by Crippen LogP contribution is 2.26. The van der Waals surface area contributed by atoms with Gasteiger partial charge in [-0.05, 0) is 18.2 Å². The Kier molecular flexibility index (Phi) is 4.05. The average molecular weight is 230 g/mol. The van der Waals surface area contributed by atoms with Gasteiger partial charge in [0, 0.05) is 25.4 Å². The first-order valence-corrected chi connectivity index (χ1v) is 5.52. The van der Waals surface area contributed by atoms with Gasteiger partial charge in [0.1, 0.15) is 5.75 Å². The highest BCUT2D eigenvalue weighted by molar-refractivity contribution is 5.63. The van der Waals surface area contributed by atoms with Gasteiger partial charge in [0.15, 0.2) is 5.82 Å². The highest BCUT2D eigenvalue weighted by Gasteiger charge is 2.07. The van der Waals surface area contributed by atoms with E-state index in [1.807, 2.05) is 24.3 Å². The number of aliphatic hydroxyl groups is 1. The van der Waals surface area contributed by atoms with Crippen LogP contribution in [0.15, 0.2) is 42.7 Å². The molecule has 0 amide bonds. The second-order valence-electron chi connectivity index (χ2n) is 3.49. The van der Waals surface area contributed by atoms with Crippen molar-refractivity contribution in [2.75, 3.05) is 13.2 Å². The van der Waals surface area contributed by atoms with Gasteiger partial charge in [0.2, 0.25) is 0 Å². The summed E-state index contributed by atoms with van der Waals surface area (Å²) >= 11 is 0. The van der Waals surface area contributed by atoms with Crippen molar-refractivity contribution in [1.82, 2.24) is 9.97 Å². The Morgan fingerprint density at radius 1 is 1.06 bits per heavy atom. The second-order valence-corrected chi connectivity index (χ2v) is 3.49. The molecule has 1 N–H and O–H groups in total. The van der Waals surface area contributed by atoms with Crippen molar-refractivity contribution in [2.24, 2.45) is 0 Å². The van der Waals surface area contributed by atoms with Crippen LogP contribution in [-0.4, -0.2) is 28.3 Å². The number of aromatic nitrogens is 2. The first-order chi connectivity index (χ1) is 8.42. The second kappa shape index (κ2) is 5.96. The minimum atomic E-state index is 0.129. The van der Waals surface area contributed by atoms with Crippen molar-refractivity contribution < 1.29 is 9.84 Å². The van der Waals surface area contributed by atoms with Gasteiger partial charge in [-0.1, -0.05) is 12.1 Å². The molecular weight excluding hydrogens is 216 g/mol. The molecule has 0 fully saturated rings. The fourth-order valence-electron chi connectivity index (χ4n) is 1.46. The van der Waals surface area contributed by atoms with Gasteiger partial charge in [-0.3, -0.25) is 0 Å². The Bertz CT molecular complexity index is 460. The summed E-state index contributed by atoms with van der Waals surface area (Å²) < 4.78 is 5.59. The van der Waals surface area contributed by atoms with Gasteiger partial charge in [0.25, 0.3) is 0 Å². The molecule has 0 unspecified atom stereocenters. The lowest BCUT2D eigenvalue weighted by atomic mass is 10.2. The SMILES string of the molecule is OCCCOc1ccccc1-c1ncccn1. The molecule has 1 heterocycles. The van der Waals surface area contributed by atoms with E-state index in [0.29, 0.717) is 18.9 Å². The third-order valence-electron chi connectivity index (χ3n) is 2.25. The van der Waals surface area contributed by atoms with E-state index in [9.17, 15) is 0 Å². The predicted octanol–water partition coefficient (Wildman–Crippen LogP) is 1.90. The van der Waals surface area contributed by atoms with Crippen molar-refractivity contribution in [3.63, 3.8) is 0 Å². The smallest absolute Gasteiger partial charge is 0.162 e. The molecule has 88 valence electrons. The van der Waals surface area contributed by atoms with Crippen LogP contribution in [0.4, 0.5) is 0 Å². The van der Waals surface area contributed by atoms with Crippen LogP contribution in [0.1, 0.15) is 6.42 Å². The molecule has 0 atom stereocenters. The quantitative estimate of drug-likeness (QED) is 0.797. The van der Waals surface area contributed by atoms with Crippen LogP contribution in [-0.2, 0) is 0 Å². The lowest BCUT2D eigenvalue weighted by Crippen LogP contribution is -2.01. The molecule has 1 aromatic heterocycles. The van der Waals surface area contributed by atoms with E-state index in [1.165, 1.54) is 0 Å². The first-order valence-electron chi connectivity index (χ1n) is 5.52. The maximum absolute atomic E-state index is 8.73. The molecule has 0 aliphatic heterocycles. The van der Waals surface area contributed by atoms with Crippen molar-refractivity contribution in [1.29, 1.82) is 0 Å². The minimum absolute atomic E-state index is 0.129. The molecule has 0 saturated heterocycles. The van der Waals surface area contributed by atoms with Gasteiger partial charge >= 0.3 is 0 Å². The molecule has 17 heavy (non-hydrogen) atoms. The summed E-state index contributed by atoms with van der Waals surface area (Å²) in [4.78, 5) is 8.39. The van der Waals surface area contributed by atoms with Crippen LogP contribution in [0.25, 0.3) is 11.4 Å². The predicted molar refractivity (Wildman–Crippen MR) is 64.7 cm³/mol. The number of nitrogens with zero attached hydrogens (tertiary/aromatic N) is 2. The van der Waals surface area contributed by atoms with Crippen molar-refractivity contribution >= 4 is 0 Å². The molecule has 0 radical (unpaired) electrons. The van der Waals surface area contributed by atoms with E-state index in [0.717, 1.165) is 11.3 Å². The van der Waals surface area contributed by atoms with E-state index in [4.69, 9.17) is 9.84 Å².